The van der Waals surface area contributed by atoms with Gasteiger partial charge in [0.2, 0.25) is 0 Å². The number of carbonyl (C=O) groups excluding carboxylic acids is 2. The van der Waals surface area contributed by atoms with Crippen LogP contribution < -0.4 is 4.90 Å². The molecule has 0 unspecified atom stereocenters. The summed E-state index contributed by atoms with van der Waals surface area (Å²) in [6.07, 6.45) is 0.167. The first-order chi connectivity index (χ1) is 12.8. The number of rotatable bonds is 6. The van der Waals surface area contributed by atoms with Gasteiger partial charge in [0.1, 0.15) is 5.15 Å². The molecule has 0 N–H and O–H groups in total. The highest BCUT2D eigenvalue weighted by atomic mass is 35.5. The summed E-state index contributed by atoms with van der Waals surface area (Å²) in [6, 6.07) is 11.1. The lowest BCUT2D eigenvalue weighted by molar-refractivity contribution is -0.121. The molecule has 1 aromatic heterocycles. The van der Waals surface area contributed by atoms with E-state index in [0.29, 0.717) is 16.9 Å². The van der Waals surface area contributed by atoms with Gasteiger partial charge < -0.3 is 9.64 Å². The van der Waals surface area contributed by atoms with Crippen LogP contribution in [0.4, 0.5) is 5.69 Å². The third kappa shape index (κ3) is 5.28. The number of aryl methyl sites for hydroxylation is 3. The van der Waals surface area contributed by atoms with Crippen LogP contribution in [0, 0.1) is 32.1 Å². The van der Waals surface area contributed by atoms with E-state index in [0.717, 1.165) is 5.56 Å². The zero-order valence-corrected chi connectivity index (χ0v) is 16.2. The molecule has 6 nitrogen and oxygen atoms in total. The van der Waals surface area contributed by atoms with Gasteiger partial charge in [-0.3, -0.25) is 4.79 Å². The molecule has 2 aromatic rings. The second-order valence-corrected chi connectivity index (χ2v) is 6.47. The number of anilines is 1. The van der Waals surface area contributed by atoms with Crippen molar-refractivity contribution in [2.75, 3.05) is 18.1 Å². The summed E-state index contributed by atoms with van der Waals surface area (Å²) >= 11 is 6.04. The van der Waals surface area contributed by atoms with Crippen LogP contribution in [0.5, 0.6) is 0 Å². The molecule has 27 heavy (non-hydrogen) atoms. The third-order valence-electron chi connectivity index (χ3n) is 3.93. The molecule has 0 spiro atoms. The van der Waals surface area contributed by atoms with Crippen LogP contribution in [-0.4, -0.2) is 30.0 Å². The van der Waals surface area contributed by atoms with E-state index in [1.54, 1.807) is 32.0 Å². The molecular weight excluding hydrogens is 366 g/mol. The smallest absolute Gasteiger partial charge is 0.342 e. The Morgan fingerprint density at radius 1 is 1.22 bits per heavy atom. The molecule has 1 heterocycles. The number of hydrogen-bond donors (Lipinski definition) is 0. The zero-order valence-electron chi connectivity index (χ0n) is 15.5. The molecule has 1 aromatic carbocycles. The van der Waals surface area contributed by atoms with E-state index in [4.69, 9.17) is 21.6 Å². The van der Waals surface area contributed by atoms with Gasteiger partial charge in [-0.1, -0.05) is 29.3 Å². The molecule has 0 radical (unpaired) electrons. The first kappa shape index (κ1) is 20.4. The average Bonchev–Trinajstić information content (AvgIpc) is 2.60. The van der Waals surface area contributed by atoms with Gasteiger partial charge in [-0.25, -0.2) is 9.78 Å². The van der Waals surface area contributed by atoms with Crippen molar-refractivity contribution in [3.05, 3.63) is 57.9 Å². The summed E-state index contributed by atoms with van der Waals surface area (Å²) in [5, 5.41) is 8.89. The van der Waals surface area contributed by atoms with Crippen LogP contribution >= 0.6 is 11.6 Å². The fraction of sp³-hybridized carbons (Fsp3) is 0.300. The number of benzene rings is 1. The van der Waals surface area contributed by atoms with E-state index in [2.05, 4.69) is 4.98 Å². The second kappa shape index (κ2) is 9.15. The lowest BCUT2D eigenvalue weighted by Gasteiger charge is -2.22. The Labute approximate surface area is 163 Å². The monoisotopic (exact) mass is 385 g/mol. The number of aromatic nitrogens is 1. The van der Waals surface area contributed by atoms with E-state index in [1.807, 2.05) is 25.1 Å². The van der Waals surface area contributed by atoms with Crippen molar-refractivity contribution < 1.29 is 14.3 Å². The minimum atomic E-state index is -0.706. The fourth-order valence-corrected chi connectivity index (χ4v) is 2.96. The van der Waals surface area contributed by atoms with E-state index in [9.17, 15) is 9.59 Å². The van der Waals surface area contributed by atoms with Gasteiger partial charge >= 0.3 is 5.97 Å². The van der Waals surface area contributed by atoms with Crippen LogP contribution in [0.3, 0.4) is 0 Å². The number of nitrogens with zero attached hydrogens (tertiary/aromatic N) is 3. The number of hydrogen-bond acceptors (Lipinski definition) is 5. The van der Waals surface area contributed by atoms with E-state index in [-0.39, 0.29) is 23.7 Å². The first-order valence-corrected chi connectivity index (χ1v) is 8.76. The van der Waals surface area contributed by atoms with Crippen LogP contribution in [0.1, 0.15) is 33.6 Å². The predicted molar refractivity (Wildman–Crippen MR) is 103 cm³/mol. The van der Waals surface area contributed by atoms with Gasteiger partial charge in [0, 0.05) is 17.9 Å². The van der Waals surface area contributed by atoms with Gasteiger partial charge in [0.05, 0.1) is 18.1 Å². The van der Waals surface area contributed by atoms with Gasteiger partial charge in [0.15, 0.2) is 6.61 Å². The molecule has 7 heteroatoms. The quantitative estimate of drug-likeness (QED) is 0.558. The number of ether oxygens (including phenoxy) is 1. The Balaban J connectivity index is 2.12. The lowest BCUT2D eigenvalue weighted by atomic mass is 10.1. The van der Waals surface area contributed by atoms with Crippen molar-refractivity contribution in [2.24, 2.45) is 0 Å². The Hall–Kier alpha value is -2.91. The van der Waals surface area contributed by atoms with Crippen molar-refractivity contribution in [3.8, 4) is 6.07 Å². The molecular formula is C20H20ClN3O3. The number of carbonyl (C=O) groups is 2. The Kier molecular flexibility index (Phi) is 6.91. The lowest BCUT2D eigenvalue weighted by Crippen LogP contribution is -2.35. The highest BCUT2D eigenvalue weighted by molar-refractivity contribution is 6.32. The van der Waals surface area contributed by atoms with Gasteiger partial charge in [-0.2, -0.15) is 5.26 Å². The first-order valence-electron chi connectivity index (χ1n) is 8.38. The summed E-state index contributed by atoms with van der Waals surface area (Å²) < 4.78 is 5.16. The summed E-state index contributed by atoms with van der Waals surface area (Å²) in [7, 11) is 0. The normalized spacial score (nSPS) is 10.2. The highest BCUT2D eigenvalue weighted by Crippen LogP contribution is 2.20. The molecule has 0 aliphatic rings. The molecule has 0 fully saturated rings. The number of nitriles is 1. The van der Waals surface area contributed by atoms with E-state index in [1.165, 1.54) is 4.90 Å². The minimum absolute atomic E-state index is 0.0461. The predicted octanol–water partition coefficient (Wildman–Crippen LogP) is 3.76. The zero-order chi connectivity index (χ0) is 20.0. The SMILES string of the molecule is Cc1ccc(N(CCC#N)C(=O)COC(=O)c2c(C)cc(C)nc2Cl)cc1. The van der Waals surface area contributed by atoms with E-state index >= 15 is 0 Å². The molecule has 0 atom stereocenters. The molecule has 0 saturated heterocycles. The third-order valence-corrected chi connectivity index (χ3v) is 4.20. The molecule has 2 rings (SSSR count). The van der Waals surface area contributed by atoms with Crippen LogP contribution in [0.2, 0.25) is 5.15 Å². The standard InChI is InChI=1S/C20H20ClN3O3/c1-13-5-7-16(8-6-13)24(10-4-9-22)17(25)12-27-20(26)18-14(2)11-15(3)23-19(18)21/h5-8,11H,4,10,12H2,1-3H3. The maximum Gasteiger partial charge on any atom is 0.342 e. The number of amides is 1. The number of esters is 1. The Bertz CT molecular complexity index is 865. The summed E-state index contributed by atoms with van der Waals surface area (Å²) in [5.74, 6) is -1.13. The maximum atomic E-state index is 12.6. The molecule has 0 bridgehead atoms. The van der Waals surface area contributed by atoms with Crippen molar-refractivity contribution in [1.82, 2.24) is 4.98 Å². The van der Waals surface area contributed by atoms with Crippen molar-refractivity contribution in [1.29, 1.82) is 5.26 Å². The summed E-state index contributed by atoms with van der Waals surface area (Å²) in [5.41, 5.74) is 3.16. The minimum Gasteiger partial charge on any atom is -0.452 e. The Morgan fingerprint density at radius 2 is 1.89 bits per heavy atom. The molecule has 1 amide bonds. The molecule has 0 aliphatic carbocycles. The van der Waals surface area contributed by atoms with Crippen LogP contribution in [0.15, 0.2) is 30.3 Å². The van der Waals surface area contributed by atoms with Crippen LogP contribution in [-0.2, 0) is 9.53 Å². The average molecular weight is 386 g/mol. The van der Waals surface area contributed by atoms with Gasteiger partial charge in [-0.15, -0.1) is 0 Å². The highest BCUT2D eigenvalue weighted by Gasteiger charge is 2.21. The molecule has 140 valence electrons. The van der Waals surface area contributed by atoms with Gasteiger partial charge in [0.25, 0.3) is 5.91 Å². The molecule has 0 saturated carbocycles. The number of pyridine rings is 1. The van der Waals surface area contributed by atoms with Crippen molar-refractivity contribution >= 4 is 29.2 Å². The maximum absolute atomic E-state index is 12.6. The summed E-state index contributed by atoms with van der Waals surface area (Å²) in [6.45, 7) is 5.19. The topological polar surface area (TPSA) is 83.3 Å². The fourth-order valence-electron chi connectivity index (χ4n) is 2.60. The Morgan fingerprint density at radius 3 is 2.48 bits per heavy atom. The van der Waals surface area contributed by atoms with E-state index < -0.39 is 18.5 Å². The summed E-state index contributed by atoms with van der Waals surface area (Å²) in [4.78, 5) is 30.4. The largest absolute Gasteiger partial charge is 0.452 e. The van der Waals surface area contributed by atoms with Crippen LogP contribution in [0.25, 0.3) is 0 Å². The second-order valence-electron chi connectivity index (χ2n) is 6.11. The molecule has 0 aliphatic heterocycles. The number of halogens is 1. The van der Waals surface area contributed by atoms with Crippen molar-refractivity contribution in [2.45, 2.75) is 27.2 Å². The van der Waals surface area contributed by atoms with Gasteiger partial charge in [-0.05, 0) is 44.5 Å². The van der Waals surface area contributed by atoms with Crippen molar-refractivity contribution in [3.63, 3.8) is 0 Å².